The van der Waals surface area contributed by atoms with Gasteiger partial charge in [-0.15, -0.1) is 0 Å². The average molecular weight is 346 g/mol. The molecule has 0 spiro atoms. The molecular formula is C14H11BrCl2O. The first kappa shape index (κ1) is 13.7. The van der Waals surface area contributed by atoms with E-state index in [0.717, 1.165) is 27.6 Å². The molecule has 0 N–H and O–H groups in total. The van der Waals surface area contributed by atoms with E-state index in [1.807, 2.05) is 43.3 Å². The summed E-state index contributed by atoms with van der Waals surface area (Å²) in [4.78, 5) is 0. The van der Waals surface area contributed by atoms with E-state index in [0.29, 0.717) is 10.4 Å². The van der Waals surface area contributed by atoms with Gasteiger partial charge in [-0.25, -0.2) is 0 Å². The van der Waals surface area contributed by atoms with Gasteiger partial charge < -0.3 is 4.74 Å². The summed E-state index contributed by atoms with van der Waals surface area (Å²) in [5.74, 6) is 1.50. The molecule has 18 heavy (non-hydrogen) atoms. The molecule has 0 aliphatic heterocycles. The van der Waals surface area contributed by atoms with Crippen LogP contribution in [0.1, 0.15) is 11.1 Å². The van der Waals surface area contributed by atoms with Crippen molar-refractivity contribution in [2.24, 2.45) is 0 Å². The largest absolute Gasteiger partial charge is 0.457 e. The molecule has 0 amide bonds. The first-order valence-electron chi connectivity index (χ1n) is 5.39. The molecular weight excluding hydrogens is 335 g/mol. The number of alkyl halides is 1. The van der Waals surface area contributed by atoms with Crippen molar-refractivity contribution in [1.82, 2.24) is 0 Å². The second-order valence-corrected chi connectivity index (χ2v) is 5.24. The van der Waals surface area contributed by atoms with E-state index in [-0.39, 0.29) is 0 Å². The van der Waals surface area contributed by atoms with Crippen molar-refractivity contribution in [3.8, 4) is 11.5 Å². The molecule has 0 aliphatic carbocycles. The molecule has 0 radical (unpaired) electrons. The summed E-state index contributed by atoms with van der Waals surface area (Å²) < 4.78 is 5.84. The highest BCUT2D eigenvalue weighted by Crippen LogP contribution is 2.33. The van der Waals surface area contributed by atoms with Crippen LogP contribution < -0.4 is 4.74 Å². The van der Waals surface area contributed by atoms with Gasteiger partial charge in [0, 0.05) is 20.9 Å². The summed E-state index contributed by atoms with van der Waals surface area (Å²) in [5, 5.41) is 2.07. The van der Waals surface area contributed by atoms with Crippen LogP contribution in [0.3, 0.4) is 0 Å². The van der Waals surface area contributed by atoms with Crippen molar-refractivity contribution in [2.75, 3.05) is 0 Å². The number of hydrogen-bond donors (Lipinski definition) is 0. The number of hydrogen-bond acceptors (Lipinski definition) is 1. The topological polar surface area (TPSA) is 9.23 Å². The van der Waals surface area contributed by atoms with Crippen LogP contribution in [0.15, 0.2) is 36.4 Å². The van der Waals surface area contributed by atoms with Gasteiger partial charge in [0.05, 0.1) is 0 Å². The molecule has 0 bridgehead atoms. The highest BCUT2D eigenvalue weighted by molar-refractivity contribution is 9.08. The molecule has 2 rings (SSSR count). The summed E-state index contributed by atoms with van der Waals surface area (Å²) in [6, 6.07) is 11.2. The third-order valence-electron chi connectivity index (χ3n) is 2.57. The van der Waals surface area contributed by atoms with Crippen LogP contribution in [-0.4, -0.2) is 0 Å². The fourth-order valence-electron chi connectivity index (χ4n) is 1.57. The molecule has 0 heterocycles. The van der Waals surface area contributed by atoms with Gasteiger partial charge in [0.15, 0.2) is 0 Å². The third kappa shape index (κ3) is 3.00. The Morgan fingerprint density at radius 1 is 1.11 bits per heavy atom. The minimum atomic E-state index is 0.647. The van der Waals surface area contributed by atoms with Crippen LogP contribution in [0.5, 0.6) is 11.5 Å². The average Bonchev–Trinajstić information content (AvgIpc) is 2.34. The second kappa shape index (κ2) is 5.96. The van der Waals surface area contributed by atoms with Gasteiger partial charge in [0.2, 0.25) is 0 Å². The molecule has 4 heteroatoms. The third-order valence-corrected chi connectivity index (χ3v) is 3.91. The quantitative estimate of drug-likeness (QED) is 0.621. The zero-order valence-electron chi connectivity index (χ0n) is 9.71. The molecule has 0 aromatic heterocycles. The van der Waals surface area contributed by atoms with Crippen LogP contribution in [0, 0.1) is 6.92 Å². The molecule has 0 aliphatic rings. The molecule has 0 saturated carbocycles. The number of benzene rings is 2. The second-order valence-electron chi connectivity index (χ2n) is 3.86. The molecule has 0 unspecified atom stereocenters. The Balaban J connectivity index is 2.34. The predicted molar refractivity (Wildman–Crippen MR) is 80.3 cm³/mol. The SMILES string of the molecule is Cc1cc(Oc2cccc(Cl)c2CBr)ccc1Cl. The van der Waals surface area contributed by atoms with Crippen molar-refractivity contribution in [2.45, 2.75) is 12.3 Å². The molecule has 2 aromatic rings. The van der Waals surface area contributed by atoms with Gasteiger partial charge in [0.25, 0.3) is 0 Å². The first-order valence-corrected chi connectivity index (χ1v) is 7.27. The Kier molecular flexibility index (Phi) is 4.55. The monoisotopic (exact) mass is 344 g/mol. The van der Waals surface area contributed by atoms with E-state index >= 15 is 0 Å². The van der Waals surface area contributed by atoms with E-state index in [9.17, 15) is 0 Å². The lowest BCUT2D eigenvalue weighted by Crippen LogP contribution is -1.91. The van der Waals surface area contributed by atoms with Crippen LogP contribution in [0.2, 0.25) is 10.0 Å². The van der Waals surface area contributed by atoms with Gasteiger partial charge in [-0.2, -0.15) is 0 Å². The lowest BCUT2D eigenvalue weighted by molar-refractivity contribution is 0.478. The molecule has 0 fully saturated rings. The summed E-state index contributed by atoms with van der Waals surface area (Å²) in [7, 11) is 0. The van der Waals surface area contributed by atoms with E-state index in [4.69, 9.17) is 27.9 Å². The maximum absolute atomic E-state index is 6.12. The lowest BCUT2D eigenvalue weighted by Gasteiger charge is -2.11. The normalized spacial score (nSPS) is 10.4. The number of rotatable bonds is 3. The highest BCUT2D eigenvalue weighted by atomic mass is 79.9. The Hall–Kier alpha value is -0.700. The van der Waals surface area contributed by atoms with Gasteiger partial charge in [-0.1, -0.05) is 45.2 Å². The standard InChI is InChI=1S/C14H11BrCl2O/c1-9-7-10(5-6-12(9)16)18-14-4-2-3-13(17)11(14)8-15/h2-7H,8H2,1H3. The van der Waals surface area contributed by atoms with Crippen molar-refractivity contribution >= 4 is 39.1 Å². The first-order chi connectivity index (χ1) is 8.61. The molecule has 2 aromatic carbocycles. The van der Waals surface area contributed by atoms with Crippen molar-refractivity contribution in [1.29, 1.82) is 0 Å². The zero-order chi connectivity index (χ0) is 13.1. The smallest absolute Gasteiger partial charge is 0.132 e. The number of ether oxygens (including phenoxy) is 1. The van der Waals surface area contributed by atoms with E-state index in [1.165, 1.54) is 0 Å². The van der Waals surface area contributed by atoms with E-state index in [1.54, 1.807) is 0 Å². The molecule has 0 saturated heterocycles. The van der Waals surface area contributed by atoms with Crippen LogP contribution in [-0.2, 0) is 5.33 Å². The summed E-state index contributed by atoms with van der Waals surface area (Å²) in [6.45, 7) is 1.94. The minimum Gasteiger partial charge on any atom is -0.457 e. The fraction of sp³-hybridized carbons (Fsp3) is 0.143. The van der Waals surface area contributed by atoms with Gasteiger partial charge >= 0.3 is 0 Å². The van der Waals surface area contributed by atoms with Crippen LogP contribution in [0.4, 0.5) is 0 Å². The van der Waals surface area contributed by atoms with E-state index in [2.05, 4.69) is 15.9 Å². The number of halogens is 3. The fourth-order valence-corrected chi connectivity index (χ4v) is 2.66. The Labute approximate surface area is 125 Å². The van der Waals surface area contributed by atoms with E-state index < -0.39 is 0 Å². The van der Waals surface area contributed by atoms with Crippen LogP contribution >= 0.6 is 39.1 Å². The minimum absolute atomic E-state index is 0.647. The molecule has 1 nitrogen and oxygen atoms in total. The van der Waals surface area contributed by atoms with Gasteiger partial charge in [-0.05, 0) is 42.8 Å². The summed E-state index contributed by atoms with van der Waals surface area (Å²) in [5.41, 5.74) is 1.92. The summed E-state index contributed by atoms with van der Waals surface area (Å²) >= 11 is 15.5. The Morgan fingerprint density at radius 3 is 2.56 bits per heavy atom. The highest BCUT2D eigenvalue weighted by Gasteiger charge is 2.08. The zero-order valence-corrected chi connectivity index (χ0v) is 12.8. The van der Waals surface area contributed by atoms with Crippen molar-refractivity contribution in [3.63, 3.8) is 0 Å². The predicted octanol–water partition coefficient (Wildman–Crippen LogP) is 5.99. The number of aryl methyl sites for hydroxylation is 1. The van der Waals surface area contributed by atoms with Crippen molar-refractivity contribution < 1.29 is 4.74 Å². The molecule has 94 valence electrons. The maximum Gasteiger partial charge on any atom is 0.132 e. The molecule has 0 atom stereocenters. The summed E-state index contributed by atoms with van der Waals surface area (Å²) in [6.07, 6.45) is 0. The van der Waals surface area contributed by atoms with Crippen molar-refractivity contribution in [3.05, 3.63) is 57.6 Å². The lowest BCUT2D eigenvalue weighted by atomic mass is 10.2. The Morgan fingerprint density at radius 2 is 1.89 bits per heavy atom. The van der Waals surface area contributed by atoms with Gasteiger partial charge in [-0.3, -0.25) is 0 Å². The maximum atomic E-state index is 6.12. The van der Waals surface area contributed by atoms with Gasteiger partial charge in [0.1, 0.15) is 11.5 Å². The Bertz CT molecular complexity index is 570. The van der Waals surface area contributed by atoms with Crippen LogP contribution in [0.25, 0.3) is 0 Å².